The molecule has 17 heteroatoms. The van der Waals surface area contributed by atoms with Crippen LogP contribution in [-0.2, 0) is 46.2 Å². The summed E-state index contributed by atoms with van der Waals surface area (Å²) in [5, 5.41) is 38.2. The van der Waals surface area contributed by atoms with Gasteiger partial charge in [-0.25, -0.2) is 9.59 Å². The van der Waals surface area contributed by atoms with Gasteiger partial charge in [0, 0.05) is 25.9 Å². The topological polar surface area (TPSA) is 243 Å². The van der Waals surface area contributed by atoms with Crippen LogP contribution in [0.2, 0.25) is 0 Å². The van der Waals surface area contributed by atoms with Gasteiger partial charge in [-0.05, 0) is 77.3 Å². The Morgan fingerprint density at radius 2 is 0.873 bits per heavy atom. The van der Waals surface area contributed by atoms with E-state index in [-0.39, 0.29) is 50.6 Å². The molecule has 17 nitrogen and oxygen atoms in total. The summed E-state index contributed by atoms with van der Waals surface area (Å²) in [6.07, 6.45) is -5.93. The smallest absolute Gasteiger partial charge is 0.408 e. The Kier molecular flexibility index (Phi) is 19.8. The van der Waals surface area contributed by atoms with Crippen LogP contribution in [0.5, 0.6) is 0 Å². The summed E-state index contributed by atoms with van der Waals surface area (Å²) in [6, 6.07) is 13.8. The lowest BCUT2D eigenvalue weighted by Gasteiger charge is -2.26. The van der Waals surface area contributed by atoms with E-state index in [2.05, 4.69) is 31.9 Å². The van der Waals surface area contributed by atoms with Crippen LogP contribution in [-0.4, -0.2) is 119 Å². The molecule has 2 aromatic carbocycles. The van der Waals surface area contributed by atoms with Crippen LogP contribution >= 0.6 is 0 Å². The molecule has 3 rings (SSSR count). The Labute approximate surface area is 371 Å². The number of hydrogen-bond acceptors (Lipinski definition) is 11. The van der Waals surface area contributed by atoms with Crippen molar-refractivity contribution in [1.29, 1.82) is 0 Å². The van der Waals surface area contributed by atoms with Crippen molar-refractivity contribution in [3.8, 4) is 0 Å². The van der Waals surface area contributed by atoms with Crippen LogP contribution in [0.25, 0.3) is 0 Å². The molecule has 0 unspecified atom stereocenters. The summed E-state index contributed by atoms with van der Waals surface area (Å²) >= 11 is 0. The molecule has 8 N–H and O–H groups in total. The minimum atomic E-state index is -1.46. The fraction of sp³-hybridized carbons (Fsp3) is 0.609. The summed E-state index contributed by atoms with van der Waals surface area (Å²) in [6.45, 7) is 17.3. The van der Waals surface area contributed by atoms with Gasteiger partial charge in [0.2, 0.25) is 23.6 Å². The molecule has 6 amide bonds. The van der Waals surface area contributed by atoms with Gasteiger partial charge >= 0.3 is 12.2 Å². The molecule has 8 atom stereocenters. The highest BCUT2D eigenvalue weighted by Gasteiger charge is 2.43. The number of alkyl carbamates (subject to hydrolysis) is 2. The Bertz CT molecular complexity index is 1670. The quantitative estimate of drug-likeness (QED) is 0.0962. The minimum Gasteiger partial charge on any atom is -0.444 e. The standard InChI is InChI=1S/C46H70N6O11/c1-27(2)21-31(51-43(59)62-45(5,6)7)41(57)49-33(23-29-17-13-11-14-18-29)39(55)47-25-35-37(53)38(54)36(61-35)26-48-40(56)34(24-30-19-15-12-16-20-30)50-42(58)32(22-28(3)4)52-44(60)63-46(8,9)10/h11-20,27-28,31-38,53-54H,21-26H2,1-10H3,(H,47,55)(H,48,56)(H,49,57)(H,50,58)(H,51,59)(H,52,60)/t31-,32-,33-,34-,35+,36+,37+,38+/m0/s1. The molecule has 0 aromatic heterocycles. The molecule has 0 bridgehead atoms. The van der Waals surface area contributed by atoms with Gasteiger partial charge in [-0.15, -0.1) is 0 Å². The van der Waals surface area contributed by atoms with Crippen molar-refractivity contribution in [2.45, 2.75) is 155 Å². The number of amides is 6. The van der Waals surface area contributed by atoms with Gasteiger partial charge in [0.25, 0.3) is 0 Å². The number of carbonyl (C=O) groups is 6. The maximum atomic E-state index is 13.8. The first kappa shape index (κ1) is 52.1. The largest absolute Gasteiger partial charge is 0.444 e. The molecule has 1 saturated heterocycles. The Morgan fingerprint density at radius 1 is 0.540 bits per heavy atom. The third kappa shape index (κ3) is 18.9. The van der Waals surface area contributed by atoms with E-state index < -0.39 is 95.6 Å². The lowest BCUT2D eigenvalue weighted by Crippen LogP contribution is -2.56. The fourth-order valence-electron chi connectivity index (χ4n) is 6.78. The van der Waals surface area contributed by atoms with Gasteiger partial charge in [-0.3, -0.25) is 19.2 Å². The molecule has 0 spiro atoms. The number of nitrogens with one attached hydrogen (secondary N) is 6. The predicted molar refractivity (Wildman–Crippen MR) is 236 cm³/mol. The number of aliphatic hydroxyl groups excluding tert-OH is 2. The second-order valence-corrected chi connectivity index (χ2v) is 18.8. The summed E-state index contributed by atoms with van der Waals surface area (Å²) in [7, 11) is 0. The summed E-state index contributed by atoms with van der Waals surface area (Å²) in [5.41, 5.74) is -0.101. The van der Waals surface area contributed by atoms with E-state index in [9.17, 15) is 39.0 Å². The number of aliphatic hydroxyl groups is 2. The maximum Gasteiger partial charge on any atom is 0.408 e. The molecule has 0 saturated carbocycles. The van der Waals surface area contributed by atoms with E-state index >= 15 is 0 Å². The van der Waals surface area contributed by atoms with Crippen molar-refractivity contribution in [2.24, 2.45) is 11.8 Å². The zero-order valence-corrected chi connectivity index (χ0v) is 38.4. The minimum absolute atomic E-state index is 0.00550. The van der Waals surface area contributed by atoms with Crippen LogP contribution in [0.4, 0.5) is 9.59 Å². The van der Waals surface area contributed by atoms with Crippen molar-refractivity contribution < 1.29 is 53.2 Å². The van der Waals surface area contributed by atoms with Crippen LogP contribution in [0.1, 0.15) is 93.2 Å². The van der Waals surface area contributed by atoms with Crippen LogP contribution in [0.3, 0.4) is 0 Å². The highest BCUT2D eigenvalue weighted by Crippen LogP contribution is 2.21. The molecule has 1 fully saturated rings. The lowest BCUT2D eigenvalue weighted by atomic mass is 10.0. The van der Waals surface area contributed by atoms with E-state index in [1.165, 1.54) is 0 Å². The van der Waals surface area contributed by atoms with Crippen molar-refractivity contribution in [1.82, 2.24) is 31.9 Å². The van der Waals surface area contributed by atoms with Gasteiger partial charge in [0.15, 0.2) is 0 Å². The molecular weight excluding hydrogens is 813 g/mol. The lowest BCUT2D eigenvalue weighted by molar-refractivity contribution is -0.131. The van der Waals surface area contributed by atoms with Crippen molar-refractivity contribution in [3.05, 3.63) is 71.8 Å². The maximum absolute atomic E-state index is 13.8. The molecule has 1 aliphatic heterocycles. The first-order valence-corrected chi connectivity index (χ1v) is 21.6. The van der Waals surface area contributed by atoms with Crippen LogP contribution < -0.4 is 31.9 Å². The van der Waals surface area contributed by atoms with Crippen molar-refractivity contribution in [3.63, 3.8) is 0 Å². The van der Waals surface area contributed by atoms with Crippen molar-refractivity contribution >= 4 is 35.8 Å². The molecular formula is C46H70N6O11. The molecule has 0 radical (unpaired) electrons. The summed E-state index contributed by atoms with van der Waals surface area (Å²) in [5.74, 6) is -2.38. The van der Waals surface area contributed by atoms with Gasteiger partial charge in [-0.2, -0.15) is 0 Å². The number of carbonyl (C=O) groups excluding carboxylic acids is 6. The van der Waals surface area contributed by atoms with Crippen LogP contribution in [0, 0.1) is 11.8 Å². The molecule has 1 aliphatic rings. The third-order valence-corrected chi connectivity index (χ3v) is 9.68. The molecule has 63 heavy (non-hydrogen) atoms. The van der Waals surface area contributed by atoms with Crippen molar-refractivity contribution in [2.75, 3.05) is 13.1 Å². The normalized spacial score (nSPS) is 19.5. The number of benzene rings is 2. The van der Waals surface area contributed by atoms with Crippen LogP contribution in [0.15, 0.2) is 60.7 Å². The Morgan fingerprint density at radius 3 is 1.17 bits per heavy atom. The molecule has 350 valence electrons. The monoisotopic (exact) mass is 883 g/mol. The average Bonchev–Trinajstić information content (AvgIpc) is 3.44. The van der Waals surface area contributed by atoms with Gasteiger partial charge in [0.05, 0.1) is 0 Å². The molecule has 1 heterocycles. The van der Waals surface area contributed by atoms with E-state index in [1.54, 1.807) is 90.1 Å². The van der Waals surface area contributed by atoms with Gasteiger partial charge in [-0.1, -0.05) is 88.4 Å². The van der Waals surface area contributed by atoms with E-state index in [4.69, 9.17) is 14.2 Å². The summed E-state index contributed by atoms with van der Waals surface area (Å²) in [4.78, 5) is 80.1. The first-order chi connectivity index (χ1) is 29.4. The highest BCUT2D eigenvalue weighted by molar-refractivity contribution is 5.92. The average molecular weight is 883 g/mol. The SMILES string of the molecule is CC(C)C[C@H](NC(=O)OC(C)(C)C)C(=O)N[C@@H](Cc1ccccc1)C(=O)NC[C@H]1O[C@H](CNC(=O)[C@H](Cc2ccccc2)NC(=O)[C@H](CC(C)C)NC(=O)OC(C)(C)C)[C@@H](O)[C@@H]1O. The fourth-order valence-corrected chi connectivity index (χ4v) is 6.78. The third-order valence-electron chi connectivity index (χ3n) is 9.68. The Balaban J connectivity index is 1.70. The number of ether oxygens (including phenoxy) is 3. The zero-order valence-electron chi connectivity index (χ0n) is 38.4. The summed E-state index contributed by atoms with van der Waals surface area (Å²) < 4.78 is 16.7. The van der Waals surface area contributed by atoms with Gasteiger partial charge in [0.1, 0.15) is 59.8 Å². The highest BCUT2D eigenvalue weighted by atomic mass is 16.6. The number of hydrogen-bond donors (Lipinski definition) is 8. The zero-order chi connectivity index (χ0) is 47.1. The molecule has 2 aromatic rings. The Hall–Kier alpha value is -5.26. The van der Waals surface area contributed by atoms with E-state index in [1.807, 2.05) is 39.8 Å². The van der Waals surface area contributed by atoms with E-state index in [0.29, 0.717) is 0 Å². The predicted octanol–water partition coefficient (Wildman–Crippen LogP) is 3.04. The molecule has 0 aliphatic carbocycles. The second-order valence-electron chi connectivity index (χ2n) is 18.8. The number of rotatable bonds is 20. The van der Waals surface area contributed by atoms with Gasteiger partial charge < -0.3 is 56.3 Å². The van der Waals surface area contributed by atoms with E-state index in [0.717, 1.165) is 11.1 Å². The first-order valence-electron chi connectivity index (χ1n) is 21.6. The second kappa shape index (κ2) is 24.0.